The van der Waals surface area contributed by atoms with Gasteiger partial charge in [0.25, 0.3) is 0 Å². The first-order chi connectivity index (χ1) is 9.29. The van der Waals surface area contributed by atoms with Gasteiger partial charge in [-0.3, -0.25) is 0 Å². The number of rotatable bonds is 3. The topological polar surface area (TPSA) is 46.2 Å². The Balaban J connectivity index is 2.28. The fraction of sp³-hybridized carbons (Fsp3) is 0.600. The molecule has 2 unspecified atom stereocenters. The second kappa shape index (κ2) is 5.94. The summed E-state index contributed by atoms with van der Waals surface area (Å²) < 4.78 is 23.3. The van der Waals surface area contributed by atoms with E-state index in [9.17, 15) is 8.42 Å². The van der Waals surface area contributed by atoms with Crippen molar-refractivity contribution in [3.8, 4) is 0 Å². The molecule has 0 saturated heterocycles. The molecule has 1 saturated carbocycles. The van der Waals surface area contributed by atoms with Crippen LogP contribution in [0.2, 0.25) is 5.02 Å². The number of sulfone groups is 1. The van der Waals surface area contributed by atoms with Gasteiger partial charge >= 0.3 is 0 Å². The fourth-order valence-corrected chi connectivity index (χ4v) is 3.81. The van der Waals surface area contributed by atoms with E-state index in [1.165, 1.54) is 25.5 Å². The molecule has 20 heavy (non-hydrogen) atoms. The fourth-order valence-electron chi connectivity index (χ4n) is 2.99. The van der Waals surface area contributed by atoms with Gasteiger partial charge in [-0.05, 0) is 42.9 Å². The van der Waals surface area contributed by atoms with Gasteiger partial charge in [0, 0.05) is 12.3 Å². The lowest BCUT2D eigenvalue weighted by Crippen LogP contribution is -2.37. The van der Waals surface area contributed by atoms with Crippen molar-refractivity contribution >= 4 is 27.1 Å². The summed E-state index contributed by atoms with van der Waals surface area (Å²) in [6.45, 7) is 4.48. The van der Waals surface area contributed by atoms with Gasteiger partial charge in [-0.15, -0.1) is 0 Å². The number of benzene rings is 1. The lowest BCUT2D eigenvalue weighted by atomic mass is 9.78. The van der Waals surface area contributed by atoms with Crippen molar-refractivity contribution in [2.45, 2.75) is 44.0 Å². The summed E-state index contributed by atoms with van der Waals surface area (Å²) >= 11 is 6.20. The van der Waals surface area contributed by atoms with Crippen LogP contribution in [0.25, 0.3) is 0 Å². The number of hydrogen-bond donors (Lipinski definition) is 1. The molecule has 1 aromatic carbocycles. The van der Waals surface area contributed by atoms with Crippen LogP contribution in [0.4, 0.5) is 5.69 Å². The van der Waals surface area contributed by atoms with Crippen LogP contribution >= 0.6 is 11.6 Å². The minimum atomic E-state index is -3.21. The molecule has 5 heteroatoms. The standard InChI is InChI=1S/C15H22ClNO2S/c1-10-5-4-6-11(2)15(10)17-14-9-12(20(3,18)19)7-8-13(14)16/h7-11,15,17H,4-6H2,1-3H3. The Morgan fingerprint density at radius 3 is 2.35 bits per heavy atom. The SMILES string of the molecule is CC1CCCC(C)C1Nc1cc(S(C)(=O)=O)ccc1Cl. The molecule has 0 heterocycles. The molecule has 2 atom stereocenters. The van der Waals surface area contributed by atoms with Gasteiger partial charge in [-0.1, -0.05) is 31.9 Å². The predicted octanol–water partition coefficient (Wildman–Crippen LogP) is 3.98. The molecule has 1 aliphatic rings. The minimum Gasteiger partial charge on any atom is -0.381 e. The molecule has 112 valence electrons. The Labute approximate surface area is 126 Å². The second-order valence-electron chi connectivity index (χ2n) is 5.97. The average molecular weight is 316 g/mol. The van der Waals surface area contributed by atoms with Crippen LogP contribution < -0.4 is 5.32 Å². The Morgan fingerprint density at radius 2 is 1.80 bits per heavy atom. The van der Waals surface area contributed by atoms with Gasteiger partial charge in [0.15, 0.2) is 9.84 Å². The van der Waals surface area contributed by atoms with E-state index in [-0.39, 0.29) is 0 Å². The molecule has 1 aliphatic carbocycles. The van der Waals surface area contributed by atoms with Crippen LogP contribution in [0.15, 0.2) is 23.1 Å². The minimum absolute atomic E-state index is 0.306. The maximum absolute atomic E-state index is 11.6. The number of nitrogens with one attached hydrogen (secondary N) is 1. The highest BCUT2D eigenvalue weighted by Gasteiger charge is 2.28. The highest BCUT2D eigenvalue weighted by atomic mass is 35.5. The van der Waals surface area contributed by atoms with E-state index < -0.39 is 9.84 Å². The van der Waals surface area contributed by atoms with E-state index in [0.717, 1.165) is 5.69 Å². The van der Waals surface area contributed by atoms with Crippen molar-refractivity contribution in [3.05, 3.63) is 23.2 Å². The van der Waals surface area contributed by atoms with Crippen LogP contribution in [-0.2, 0) is 9.84 Å². The van der Waals surface area contributed by atoms with E-state index >= 15 is 0 Å². The third-order valence-electron chi connectivity index (χ3n) is 4.23. The average Bonchev–Trinajstić information content (AvgIpc) is 2.34. The first-order valence-electron chi connectivity index (χ1n) is 7.05. The van der Waals surface area contributed by atoms with E-state index in [1.54, 1.807) is 18.2 Å². The van der Waals surface area contributed by atoms with Crippen molar-refractivity contribution < 1.29 is 8.42 Å². The molecule has 1 fully saturated rings. The van der Waals surface area contributed by atoms with E-state index in [1.807, 2.05) is 0 Å². The molecule has 0 amide bonds. The molecule has 0 bridgehead atoms. The molecule has 0 aromatic heterocycles. The van der Waals surface area contributed by atoms with Gasteiger partial charge in [-0.2, -0.15) is 0 Å². The van der Waals surface area contributed by atoms with Crippen molar-refractivity contribution in [1.82, 2.24) is 0 Å². The van der Waals surface area contributed by atoms with Gasteiger partial charge in [0.1, 0.15) is 0 Å². The molecule has 3 nitrogen and oxygen atoms in total. The normalized spacial score (nSPS) is 27.3. The third kappa shape index (κ3) is 3.47. The quantitative estimate of drug-likeness (QED) is 0.917. The molecule has 1 N–H and O–H groups in total. The molecule has 0 spiro atoms. The first kappa shape index (κ1) is 15.6. The zero-order chi connectivity index (χ0) is 14.9. The highest BCUT2D eigenvalue weighted by molar-refractivity contribution is 7.90. The summed E-state index contributed by atoms with van der Waals surface area (Å²) in [6.07, 6.45) is 4.88. The molecule has 0 aliphatic heterocycles. The zero-order valence-corrected chi connectivity index (χ0v) is 13.8. The second-order valence-corrected chi connectivity index (χ2v) is 8.39. The van der Waals surface area contributed by atoms with Crippen LogP contribution in [-0.4, -0.2) is 20.7 Å². The monoisotopic (exact) mass is 315 g/mol. The maximum atomic E-state index is 11.6. The van der Waals surface area contributed by atoms with Crippen molar-refractivity contribution in [2.75, 3.05) is 11.6 Å². The van der Waals surface area contributed by atoms with Crippen molar-refractivity contribution in [1.29, 1.82) is 0 Å². The summed E-state index contributed by atoms with van der Waals surface area (Å²) in [5.74, 6) is 1.13. The van der Waals surface area contributed by atoms with E-state index in [0.29, 0.717) is 27.8 Å². The van der Waals surface area contributed by atoms with Gasteiger partial charge in [-0.25, -0.2) is 8.42 Å². The maximum Gasteiger partial charge on any atom is 0.175 e. The van der Waals surface area contributed by atoms with Gasteiger partial charge < -0.3 is 5.32 Å². The summed E-state index contributed by atoms with van der Waals surface area (Å²) in [5.41, 5.74) is 0.722. The predicted molar refractivity (Wildman–Crippen MR) is 84.2 cm³/mol. The summed E-state index contributed by atoms with van der Waals surface area (Å²) in [6, 6.07) is 5.19. The number of hydrogen-bond acceptors (Lipinski definition) is 3. The number of halogens is 1. The Hall–Kier alpha value is -0.740. The van der Waals surface area contributed by atoms with Crippen molar-refractivity contribution in [3.63, 3.8) is 0 Å². The van der Waals surface area contributed by atoms with Crippen LogP contribution in [0.1, 0.15) is 33.1 Å². The zero-order valence-electron chi connectivity index (χ0n) is 12.2. The molecule has 0 radical (unpaired) electrons. The lowest BCUT2D eigenvalue weighted by Gasteiger charge is -2.36. The smallest absolute Gasteiger partial charge is 0.175 e. The van der Waals surface area contributed by atoms with Crippen LogP contribution in [0.5, 0.6) is 0 Å². The largest absolute Gasteiger partial charge is 0.381 e. The summed E-state index contributed by atoms with van der Waals surface area (Å²) in [5, 5.41) is 4.04. The third-order valence-corrected chi connectivity index (χ3v) is 5.67. The first-order valence-corrected chi connectivity index (χ1v) is 9.32. The Bertz CT molecular complexity index is 576. The number of anilines is 1. The lowest BCUT2D eigenvalue weighted by molar-refractivity contribution is 0.268. The Kier molecular flexibility index (Phi) is 4.65. The van der Waals surface area contributed by atoms with Crippen LogP contribution in [0, 0.1) is 11.8 Å². The molecule has 2 rings (SSSR count). The van der Waals surface area contributed by atoms with Crippen molar-refractivity contribution in [2.24, 2.45) is 11.8 Å². The molecular formula is C15H22ClNO2S. The highest BCUT2D eigenvalue weighted by Crippen LogP contribution is 2.34. The van der Waals surface area contributed by atoms with Gasteiger partial charge in [0.05, 0.1) is 15.6 Å². The molecule has 1 aromatic rings. The van der Waals surface area contributed by atoms with Crippen LogP contribution in [0.3, 0.4) is 0 Å². The van der Waals surface area contributed by atoms with Gasteiger partial charge in [0.2, 0.25) is 0 Å². The molecular weight excluding hydrogens is 294 g/mol. The Morgan fingerprint density at radius 1 is 1.20 bits per heavy atom. The summed E-state index contributed by atoms with van der Waals surface area (Å²) in [4.78, 5) is 0.306. The van der Waals surface area contributed by atoms with E-state index in [2.05, 4.69) is 19.2 Å². The summed E-state index contributed by atoms with van der Waals surface area (Å²) in [7, 11) is -3.21. The van der Waals surface area contributed by atoms with E-state index in [4.69, 9.17) is 11.6 Å².